The van der Waals surface area contributed by atoms with Crippen molar-refractivity contribution in [1.29, 1.82) is 0 Å². The number of carbonyl (C=O) groups is 2. The lowest BCUT2D eigenvalue weighted by Gasteiger charge is -2.30. The second-order valence-corrected chi connectivity index (χ2v) is 5.67. The first-order valence-electron chi connectivity index (χ1n) is 7.83. The smallest absolute Gasteiger partial charge is 0.252 e. The summed E-state index contributed by atoms with van der Waals surface area (Å²) in [5, 5.41) is 9.45. The van der Waals surface area contributed by atoms with Crippen molar-refractivity contribution in [3.8, 4) is 0 Å². The second kappa shape index (κ2) is 6.66. The van der Waals surface area contributed by atoms with Gasteiger partial charge in [-0.2, -0.15) is 5.10 Å². The largest absolute Gasteiger partial charge is 0.342 e. The monoisotopic (exact) mass is 325 g/mol. The number of anilines is 1. The van der Waals surface area contributed by atoms with E-state index in [2.05, 4.69) is 27.1 Å². The minimum absolute atomic E-state index is 0.150. The molecule has 0 bridgehead atoms. The highest BCUT2D eigenvalue weighted by molar-refractivity contribution is 6.04. The van der Waals surface area contributed by atoms with Crippen molar-refractivity contribution in [3.63, 3.8) is 0 Å². The van der Waals surface area contributed by atoms with E-state index in [1.54, 1.807) is 17.0 Å². The van der Waals surface area contributed by atoms with Crippen LogP contribution in [0, 0.1) is 0 Å². The number of benzene rings is 1. The Bertz CT molecular complexity index is 769. The molecule has 124 valence electrons. The lowest BCUT2D eigenvalue weighted by atomic mass is 9.95. The molecule has 1 atom stereocenters. The van der Waals surface area contributed by atoms with Gasteiger partial charge in [-0.05, 0) is 43.5 Å². The molecule has 1 aromatic carbocycles. The number of nitrogens with one attached hydrogen (secondary N) is 2. The molecule has 7 nitrogen and oxygen atoms in total. The van der Waals surface area contributed by atoms with E-state index in [4.69, 9.17) is 0 Å². The Labute approximate surface area is 139 Å². The van der Waals surface area contributed by atoms with Crippen LogP contribution in [0.1, 0.15) is 41.1 Å². The molecule has 2 N–H and O–H groups in total. The van der Waals surface area contributed by atoms with Gasteiger partial charge in [-0.15, -0.1) is 0 Å². The molecule has 1 aliphatic heterocycles. The van der Waals surface area contributed by atoms with E-state index in [9.17, 15) is 9.59 Å². The minimum atomic E-state index is -0.287. The van der Waals surface area contributed by atoms with Crippen LogP contribution in [0.5, 0.6) is 0 Å². The average Bonchev–Trinajstić information content (AvgIpc) is 3.14. The standard InChI is InChI=1S/C17H19N5O2/c1-3-15(23)22-9-5-7-12-13(6-4-8-14(12)22)17(24)20-11(2)16-18-10-19-21-16/h3-4,6,8,10-11H,1,5,7,9H2,2H3,(H,20,24)(H,18,19,21)/t11-/m1/s1. The van der Waals surface area contributed by atoms with Gasteiger partial charge in [0.2, 0.25) is 5.91 Å². The zero-order chi connectivity index (χ0) is 17.1. The van der Waals surface area contributed by atoms with Crippen LogP contribution in [0.25, 0.3) is 0 Å². The molecule has 0 aliphatic carbocycles. The molecule has 0 saturated carbocycles. The first-order chi connectivity index (χ1) is 11.6. The Hall–Kier alpha value is -2.96. The summed E-state index contributed by atoms with van der Waals surface area (Å²) in [6.45, 7) is 6.02. The average molecular weight is 325 g/mol. The van der Waals surface area contributed by atoms with Gasteiger partial charge in [0.1, 0.15) is 12.2 Å². The quantitative estimate of drug-likeness (QED) is 0.838. The zero-order valence-electron chi connectivity index (χ0n) is 13.5. The number of hydrogen-bond acceptors (Lipinski definition) is 4. The van der Waals surface area contributed by atoms with Gasteiger partial charge in [0, 0.05) is 17.8 Å². The molecule has 1 aromatic heterocycles. The summed E-state index contributed by atoms with van der Waals surface area (Å²) in [6.07, 6.45) is 4.28. The molecule has 0 radical (unpaired) electrons. The summed E-state index contributed by atoms with van der Waals surface area (Å²) in [7, 11) is 0. The maximum atomic E-state index is 12.7. The van der Waals surface area contributed by atoms with Gasteiger partial charge in [-0.1, -0.05) is 12.6 Å². The van der Waals surface area contributed by atoms with Crippen molar-refractivity contribution < 1.29 is 9.59 Å². The molecule has 1 aliphatic rings. The number of aromatic amines is 1. The summed E-state index contributed by atoms with van der Waals surface area (Å²) in [5.74, 6) is 0.254. The van der Waals surface area contributed by atoms with E-state index in [1.807, 2.05) is 13.0 Å². The lowest BCUT2D eigenvalue weighted by molar-refractivity contribution is -0.114. The van der Waals surface area contributed by atoms with Gasteiger partial charge >= 0.3 is 0 Å². The van der Waals surface area contributed by atoms with Crippen LogP contribution in [0.15, 0.2) is 37.2 Å². The molecule has 0 fully saturated rings. The number of aromatic nitrogens is 3. The fourth-order valence-electron chi connectivity index (χ4n) is 2.94. The van der Waals surface area contributed by atoms with Crippen LogP contribution in [-0.4, -0.2) is 33.5 Å². The van der Waals surface area contributed by atoms with Crippen LogP contribution in [0.3, 0.4) is 0 Å². The first-order valence-corrected chi connectivity index (χ1v) is 7.83. The fraction of sp³-hybridized carbons (Fsp3) is 0.294. The topological polar surface area (TPSA) is 91.0 Å². The Morgan fingerprint density at radius 2 is 2.29 bits per heavy atom. The Balaban J connectivity index is 1.88. The van der Waals surface area contributed by atoms with Crippen LogP contribution in [-0.2, 0) is 11.2 Å². The van der Waals surface area contributed by atoms with Crippen molar-refractivity contribution in [3.05, 3.63) is 54.1 Å². The van der Waals surface area contributed by atoms with Crippen LogP contribution in [0.2, 0.25) is 0 Å². The molecule has 24 heavy (non-hydrogen) atoms. The van der Waals surface area contributed by atoms with Gasteiger partial charge in [0.25, 0.3) is 5.91 Å². The number of carbonyl (C=O) groups excluding carboxylic acids is 2. The Morgan fingerprint density at radius 3 is 3.00 bits per heavy atom. The highest BCUT2D eigenvalue weighted by atomic mass is 16.2. The summed E-state index contributed by atoms with van der Waals surface area (Å²) in [4.78, 5) is 30.4. The maximum absolute atomic E-state index is 12.7. The predicted octanol–water partition coefficient (Wildman–Crippen LogP) is 1.76. The summed E-state index contributed by atoms with van der Waals surface area (Å²) < 4.78 is 0. The van der Waals surface area contributed by atoms with Gasteiger partial charge < -0.3 is 10.2 Å². The molecule has 3 rings (SSSR count). The SMILES string of the molecule is C=CC(=O)N1CCCc2c(C(=O)N[C@H](C)c3ncn[nH]3)cccc21. The van der Waals surface area contributed by atoms with Gasteiger partial charge in [-0.3, -0.25) is 14.7 Å². The minimum Gasteiger partial charge on any atom is -0.342 e. The molecule has 7 heteroatoms. The van der Waals surface area contributed by atoms with E-state index in [-0.39, 0.29) is 17.9 Å². The first kappa shape index (κ1) is 15.9. The number of hydrogen-bond donors (Lipinski definition) is 2. The van der Waals surface area contributed by atoms with Gasteiger partial charge in [-0.25, -0.2) is 4.98 Å². The van der Waals surface area contributed by atoms with Crippen molar-refractivity contribution in [2.45, 2.75) is 25.8 Å². The number of nitrogens with zero attached hydrogens (tertiary/aromatic N) is 3. The molecule has 2 amide bonds. The predicted molar refractivity (Wildman–Crippen MR) is 89.6 cm³/mol. The van der Waals surface area contributed by atoms with E-state index >= 15 is 0 Å². The maximum Gasteiger partial charge on any atom is 0.252 e. The molecular weight excluding hydrogens is 306 g/mol. The van der Waals surface area contributed by atoms with Crippen molar-refractivity contribution in [2.24, 2.45) is 0 Å². The number of H-pyrrole nitrogens is 1. The van der Waals surface area contributed by atoms with Gasteiger partial charge in [0.15, 0.2) is 0 Å². The molecule has 0 saturated heterocycles. The Kier molecular flexibility index (Phi) is 4.41. The zero-order valence-corrected chi connectivity index (χ0v) is 13.5. The highest BCUT2D eigenvalue weighted by Crippen LogP contribution is 2.30. The molecule has 2 heterocycles. The van der Waals surface area contributed by atoms with E-state index in [0.717, 1.165) is 24.1 Å². The normalized spacial score (nSPS) is 14.6. The number of fused-ring (bicyclic) bond motifs is 1. The van der Waals surface area contributed by atoms with Crippen molar-refractivity contribution >= 4 is 17.5 Å². The molecule has 0 spiro atoms. The summed E-state index contributed by atoms with van der Waals surface area (Å²) in [6, 6.07) is 5.16. The van der Waals surface area contributed by atoms with Crippen LogP contribution >= 0.6 is 0 Å². The Morgan fingerprint density at radius 1 is 1.46 bits per heavy atom. The van der Waals surface area contributed by atoms with Crippen molar-refractivity contribution in [1.82, 2.24) is 20.5 Å². The van der Waals surface area contributed by atoms with E-state index < -0.39 is 0 Å². The third kappa shape index (κ3) is 2.92. The fourth-order valence-corrected chi connectivity index (χ4v) is 2.94. The number of rotatable bonds is 4. The molecule has 0 unspecified atom stereocenters. The summed E-state index contributed by atoms with van der Waals surface area (Å²) >= 11 is 0. The van der Waals surface area contributed by atoms with E-state index in [1.165, 1.54) is 12.4 Å². The van der Waals surface area contributed by atoms with E-state index in [0.29, 0.717) is 17.9 Å². The van der Waals surface area contributed by atoms with Gasteiger partial charge in [0.05, 0.1) is 6.04 Å². The second-order valence-electron chi connectivity index (χ2n) is 5.67. The third-order valence-corrected chi connectivity index (χ3v) is 4.13. The highest BCUT2D eigenvalue weighted by Gasteiger charge is 2.25. The molecular formula is C17H19N5O2. The third-order valence-electron chi connectivity index (χ3n) is 4.13. The summed E-state index contributed by atoms with van der Waals surface area (Å²) in [5.41, 5.74) is 2.26. The van der Waals surface area contributed by atoms with Crippen LogP contribution in [0.4, 0.5) is 5.69 Å². The van der Waals surface area contributed by atoms with Crippen LogP contribution < -0.4 is 10.2 Å². The van der Waals surface area contributed by atoms with Crippen molar-refractivity contribution in [2.75, 3.05) is 11.4 Å². The molecule has 2 aromatic rings. The number of amides is 2. The lowest BCUT2D eigenvalue weighted by Crippen LogP contribution is -2.36.